The van der Waals surface area contributed by atoms with Crippen molar-refractivity contribution in [3.8, 4) is 17.8 Å². The van der Waals surface area contributed by atoms with E-state index in [0.29, 0.717) is 5.75 Å². The Morgan fingerprint density at radius 2 is 2.00 bits per heavy atom. The molecule has 0 saturated carbocycles. The highest BCUT2D eigenvalue weighted by molar-refractivity contribution is 5.75. The van der Waals surface area contributed by atoms with Crippen LogP contribution in [0.3, 0.4) is 0 Å². The lowest BCUT2D eigenvalue weighted by atomic mass is 10.2. The monoisotopic (exact) mass is 220 g/mol. The molecule has 1 aromatic rings. The quantitative estimate of drug-likeness (QED) is 0.580. The number of esters is 1. The summed E-state index contributed by atoms with van der Waals surface area (Å²) in [5.74, 6) is 2.62. The molecule has 1 atom stereocenters. The van der Waals surface area contributed by atoms with E-state index in [1.165, 1.54) is 0 Å². The van der Waals surface area contributed by atoms with Crippen molar-refractivity contribution in [3.63, 3.8) is 0 Å². The number of rotatable bonds is 3. The van der Waals surface area contributed by atoms with E-state index in [-0.39, 0.29) is 1.43 Å². The first-order chi connectivity index (χ1) is 7.63. The number of carbonyl (C=O) groups is 1. The van der Waals surface area contributed by atoms with E-state index >= 15 is 0 Å². The van der Waals surface area contributed by atoms with Gasteiger partial charge in [0.15, 0.2) is 6.10 Å². The van der Waals surface area contributed by atoms with Gasteiger partial charge < -0.3 is 9.47 Å². The minimum absolute atomic E-state index is 0. The van der Waals surface area contributed by atoms with Crippen molar-refractivity contribution < 1.29 is 15.7 Å². The van der Waals surface area contributed by atoms with Crippen LogP contribution in [0.5, 0.6) is 5.75 Å². The van der Waals surface area contributed by atoms with Crippen LogP contribution >= 0.6 is 0 Å². The maximum atomic E-state index is 11.3. The third-order valence-electron chi connectivity index (χ3n) is 1.92. The third kappa shape index (κ3) is 3.66. The molecule has 16 heavy (non-hydrogen) atoms. The number of benzene rings is 1. The highest BCUT2D eigenvalue weighted by Crippen LogP contribution is 2.13. The number of hydrogen-bond donors (Lipinski definition) is 0. The average molecular weight is 220 g/mol. The Hall–Kier alpha value is -1.95. The zero-order valence-corrected chi connectivity index (χ0v) is 9.61. The summed E-state index contributed by atoms with van der Waals surface area (Å²) in [7, 11) is 0. The van der Waals surface area contributed by atoms with Gasteiger partial charge in [-0.05, 0) is 26.0 Å². The molecule has 0 aliphatic rings. The molecule has 0 fully saturated rings. The number of ether oxygens (including phenoxy) is 2. The van der Waals surface area contributed by atoms with Crippen LogP contribution < -0.4 is 4.74 Å². The summed E-state index contributed by atoms with van der Waals surface area (Å²) in [4.78, 5) is 11.3. The van der Waals surface area contributed by atoms with Crippen LogP contribution in [-0.2, 0) is 9.53 Å². The Morgan fingerprint density at radius 3 is 2.56 bits per heavy atom. The lowest BCUT2D eigenvalue weighted by Gasteiger charge is -2.11. The molecule has 0 heterocycles. The van der Waals surface area contributed by atoms with E-state index in [1.807, 2.05) is 31.2 Å². The smallest absolute Gasteiger partial charge is 0.360 e. The Labute approximate surface area is 96.9 Å². The van der Waals surface area contributed by atoms with Crippen molar-refractivity contribution in [2.75, 3.05) is 0 Å². The number of hydrogen-bond acceptors (Lipinski definition) is 3. The fourth-order valence-electron chi connectivity index (χ4n) is 1.05. The Balaban J connectivity index is 0.00000256. The molecule has 0 aliphatic carbocycles. The molecular weight excluding hydrogens is 204 g/mol. The number of carbonyl (C=O) groups excluding carboxylic acids is 1. The van der Waals surface area contributed by atoms with Gasteiger partial charge in [-0.15, -0.1) is 0 Å². The van der Waals surface area contributed by atoms with E-state index in [0.717, 1.165) is 5.56 Å². The number of aryl methyl sites for hydroxylation is 1. The van der Waals surface area contributed by atoms with Crippen LogP contribution in [-0.4, -0.2) is 12.1 Å². The summed E-state index contributed by atoms with van der Waals surface area (Å²) < 4.78 is 10.0. The summed E-state index contributed by atoms with van der Waals surface area (Å²) in [5.41, 5.74) is 1.14. The molecule has 86 valence electrons. The van der Waals surface area contributed by atoms with Crippen molar-refractivity contribution in [2.45, 2.75) is 26.9 Å². The second-order valence-electron chi connectivity index (χ2n) is 3.35. The van der Waals surface area contributed by atoms with Gasteiger partial charge in [0.25, 0.3) is 0 Å². The molecule has 0 saturated heterocycles. The van der Waals surface area contributed by atoms with Crippen molar-refractivity contribution in [1.82, 2.24) is 0 Å². The minimum atomic E-state index is -0.663. The van der Waals surface area contributed by atoms with Gasteiger partial charge in [0, 0.05) is 8.35 Å². The van der Waals surface area contributed by atoms with Crippen LogP contribution in [0.2, 0.25) is 0 Å². The van der Waals surface area contributed by atoms with E-state index in [4.69, 9.17) is 4.74 Å². The van der Waals surface area contributed by atoms with E-state index < -0.39 is 12.1 Å². The first-order valence-corrected chi connectivity index (χ1v) is 4.99. The second-order valence-corrected chi connectivity index (χ2v) is 3.35. The predicted molar refractivity (Wildman–Crippen MR) is 62.9 cm³/mol. The summed E-state index contributed by atoms with van der Waals surface area (Å²) in [6.45, 7) is 5.20. The van der Waals surface area contributed by atoms with Crippen molar-refractivity contribution in [3.05, 3.63) is 29.8 Å². The summed E-state index contributed by atoms with van der Waals surface area (Å²) >= 11 is 0. The van der Waals surface area contributed by atoms with Crippen molar-refractivity contribution in [2.24, 2.45) is 0 Å². The Kier molecular flexibility index (Phi) is 4.41. The maximum Gasteiger partial charge on any atom is 0.360 e. The van der Waals surface area contributed by atoms with Crippen LogP contribution in [0.1, 0.15) is 20.8 Å². The molecule has 0 N–H and O–H groups in total. The van der Waals surface area contributed by atoms with Crippen molar-refractivity contribution >= 4 is 5.97 Å². The normalized spacial score (nSPS) is 10.9. The zero-order chi connectivity index (χ0) is 12.0. The fraction of sp³-hybridized carbons (Fsp3) is 0.308. The van der Waals surface area contributed by atoms with Gasteiger partial charge >= 0.3 is 5.97 Å². The Bertz CT molecular complexity index is 415. The molecule has 1 unspecified atom stereocenters. The maximum absolute atomic E-state index is 11.3. The standard InChI is InChI=1S/C13H14O3.H2/c1-4-9-15-13(14)11(3)16-12-7-5-10(2)6-8-12;/h5-8,11H,1-3H3;1H. The lowest BCUT2D eigenvalue weighted by molar-refractivity contribution is -0.143. The molecule has 0 amide bonds. The third-order valence-corrected chi connectivity index (χ3v) is 1.92. The van der Waals surface area contributed by atoms with Crippen LogP contribution in [0.4, 0.5) is 0 Å². The van der Waals surface area contributed by atoms with Crippen LogP contribution in [0.15, 0.2) is 24.3 Å². The molecular formula is C13H16O3. The average Bonchev–Trinajstić information content (AvgIpc) is 2.29. The van der Waals surface area contributed by atoms with Gasteiger partial charge in [0.1, 0.15) is 11.9 Å². The first kappa shape index (κ1) is 12.1. The highest BCUT2D eigenvalue weighted by Gasteiger charge is 2.15. The molecule has 1 aromatic carbocycles. The summed E-state index contributed by atoms with van der Waals surface area (Å²) in [6.07, 6.45) is 1.58. The lowest BCUT2D eigenvalue weighted by Crippen LogP contribution is -2.24. The minimum Gasteiger partial charge on any atom is -0.479 e. The fourth-order valence-corrected chi connectivity index (χ4v) is 1.05. The zero-order valence-electron chi connectivity index (χ0n) is 9.61. The summed E-state index contributed by atoms with van der Waals surface area (Å²) in [6, 6.07) is 7.45. The second kappa shape index (κ2) is 5.82. The van der Waals surface area contributed by atoms with Gasteiger partial charge in [0.2, 0.25) is 0 Å². The molecule has 1 rings (SSSR count). The van der Waals surface area contributed by atoms with Crippen molar-refractivity contribution in [1.29, 1.82) is 0 Å². The van der Waals surface area contributed by atoms with Gasteiger partial charge in [-0.3, -0.25) is 0 Å². The molecule has 0 spiro atoms. The first-order valence-electron chi connectivity index (χ1n) is 4.99. The van der Waals surface area contributed by atoms with Gasteiger partial charge in [-0.1, -0.05) is 23.6 Å². The van der Waals surface area contributed by atoms with E-state index in [2.05, 4.69) is 16.8 Å². The van der Waals surface area contributed by atoms with Gasteiger partial charge in [0.05, 0.1) is 0 Å². The summed E-state index contributed by atoms with van der Waals surface area (Å²) in [5, 5.41) is 0. The SMILES string of the molecule is CC#COC(=O)C(C)Oc1ccc(C)cc1.[HH]. The molecule has 3 nitrogen and oxygen atoms in total. The molecule has 0 radical (unpaired) electrons. The van der Waals surface area contributed by atoms with Crippen LogP contribution in [0.25, 0.3) is 0 Å². The highest BCUT2D eigenvalue weighted by atomic mass is 16.6. The van der Waals surface area contributed by atoms with Gasteiger partial charge in [-0.25, -0.2) is 4.79 Å². The van der Waals surface area contributed by atoms with Gasteiger partial charge in [-0.2, -0.15) is 0 Å². The Morgan fingerprint density at radius 1 is 1.38 bits per heavy atom. The molecule has 0 bridgehead atoms. The molecule has 0 aromatic heterocycles. The van der Waals surface area contributed by atoms with E-state index in [1.54, 1.807) is 13.8 Å². The van der Waals surface area contributed by atoms with E-state index in [9.17, 15) is 4.79 Å². The largest absolute Gasteiger partial charge is 0.479 e. The van der Waals surface area contributed by atoms with Crippen LogP contribution in [0, 0.1) is 19.0 Å². The molecule has 0 aliphatic heterocycles. The molecule has 3 heteroatoms. The topological polar surface area (TPSA) is 35.5 Å². The predicted octanol–water partition coefficient (Wildman–Crippen LogP) is 2.53.